The van der Waals surface area contributed by atoms with Crippen LogP contribution in [0.3, 0.4) is 0 Å². The van der Waals surface area contributed by atoms with Crippen LogP contribution in [0.25, 0.3) is 11.2 Å². The molecule has 3 aliphatic heterocycles. The third-order valence-electron chi connectivity index (χ3n) is 19.4. The van der Waals surface area contributed by atoms with Gasteiger partial charge in [-0.1, -0.05) is 176 Å². The predicted molar refractivity (Wildman–Crippen MR) is 365 cm³/mol. The Morgan fingerprint density at radius 3 is 1.74 bits per heavy atom. The first kappa shape index (κ1) is 68.8. The number of fused-ring (bicyclic) bond motifs is 2. The Bertz CT molecular complexity index is 3570. The van der Waals surface area contributed by atoms with Crippen LogP contribution >= 0.6 is 0 Å². The summed E-state index contributed by atoms with van der Waals surface area (Å²) in [4.78, 5) is 25.8. The Kier molecular flexibility index (Phi) is 20.7. The number of anilines is 1. The fraction of sp³-hybridized carbons (Fsp3) is 0.507. The lowest BCUT2D eigenvalue weighted by Crippen LogP contribution is -2.61. The molecule has 0 radical (unpaired) electrons. The van der Waals surface area contributed by atoms with Gasteiger partial charge in [0.05, 0.1) is 46.8 Å². The molecule has 0 aliphatic carbocycles. The molecule has 3 saturated heterocycles. The molecule has 5 heterocycles. The largest absolute Gasteiger partial charge is 0.497 e. The van der Waals surface area contributed by atoms with Crippen molar-refractivity contribution in [2.45, 2.75) is 184 Å². The zero-order chi connectivity index (χ0) is 66.1. The zero-order valence-corrected chi connectivity index (χ0v) is 59.8. The molecule has 5 aromatic carbocycles. The first-order valence-electron chi connectivity index (χ1n) is 32.2. The third-order valence-corrected chi connectivity index (χ3v) is 30.1. The van der Waals surface area contributed by atoms with E-state index in [2.05, 4.69) is 92.7 Å². The van der Waals surface area contributed by atoms with Gasteiger partial charge in [0.1, 0.15) is 47.6 Å². The Morgan fingerprint density at radius 1 is 0.652 bits per heavy atom. The Balaban J connectivity index is 1.14. The number of ether oxygens (including phenoxy) is 9. The Hall–Kier alpha value is -6.06. The Labute approximate surface area is 546 Å². The molecule has 92 heavy (non-hydrogen) atoms. The molecular formula is C71H97N5O13Si3. The molecule has 2 aromatic heterocycles. The maximum absolute atomic E-state index is 15.4. The molecule has 0 saturated carbocycles. The van der Waals surface area contributed by atoms with E-state index in [1.165, 1.54) is 11.7 Å². The quantitative estimate of drug-likeness (QED) is 0.0429. The number of methoxy groups -OCH3 is 3. The van der Waals surface area contributed by atoms with Crippen molar-refractivity contribution in [3.63, 3.8) is 0 Å². The van der Waals surface area contributed by atoms with Gasteiger partial charge in [0.15, 0.2) is 46.6 Å². The fourth-order valence-electron chi connectivity index (χ4n) is 12.0. The summed E-state index contributed by atoms with van der Waals surface area (Å²) in [7, 11) is -0.756. The van der Waals surface area contributed by atoms with Crippen LogP contribution in [-0.4, -0.2) is 132 Å². The van der Waals surface area contributed by atoms with Gasteiger partial charge < -0.3 is 61.9 Å². The van der Waals surface area contributed by atoms with Crippen LogP contribution in [0.1, 0.15) is 88.3 Å². The molecule has 496 valence electrons. The summed E-state index contributed by atoms with van der Waals surface area (Å²) in [6, 6.07) is 46.6. The summed E-state index contributed by atoms with van der Waals surface area (Å²) in [6.07, 6.45) is -8.73. The maximum atomic E-state index is 15.4. The van der Waals surface area contributed by atoms with Gasteiger partial charge in [0, 0.05) is 33.2 Å². The molecule has 3 fully saturated rings. The second-order valence-corrected chi connectivity index (χ2v) is 44.1. The highest BCUT2D eigenvalue weighted by Gasteiger charge is 2.59. The predicted octanol–water partition coefficient (Wildman–Crippen LogP) is 13.4. The average Bonchev–Trinajstić information content (AvgIpc) is 1.47. The number of nitrogens with zero attached hydrogens (tertiary/aromatic N) is 4. The third kappa shape index (κ3) is 14.4. The number of aliphatic hydroxyl groups is 1. The van der Waals surface area contributed by atoms with Crippen LogP contribution in [0.4, 0.5) is 5.95 Å². The average molecular weight is 1310 g/mol. The van der Waals surface area contributed by atoms with Gasteiger partial charge in [0.2, 0.25) is 5.95 Å². The van der Waals surface area contributed by atoms with Gasteiger partial charge in [-0.05, 0) is 95.2 Å². The van der Waals surface area contributed by atoms with Crippen molar-refractivity contribution in [3.8, 4) is 17.5 Å². The van der Waals surface area contributed by atoms with Gasteiger partial charge in [-0.2, -0.15) is 9.97 Å². The minimum Gasteiger partial charge on any atom is -0.497 e. The number of imidazole rings is 1. The standard InChI is InChI=1S/C71H97N5O13Si3/c1-69(2,3)91(14,15)88-60-59(54(77)43-53-57-55(45-84-65(87-57)47-29-23-19-24-30-47)85-66(82-41-42-90(11,12)13)58(53)83-44-46-27-21-18-22-28-46)86-64(61(60)89-92(16,17)70(4,5)6)76-62-56(72-68(76)81-10)63(78)75(7)67(73-62)74-71(48-31-25-20-26-32-48,49-33-37-51(79-8)38-34-49)50-35-39-52(80-9)40-36-50/h18-40,53-55,57-61,64-66,77H,41-45H2,1-17H3,(H,73,74)/t53-,54+,55+,57-,58-,59+,60+,61+,64+,65?,66-/m0/s1. The van der Waals surface area contributed by atoms with Crippen LogP contribution < -0.4 is 25.1 Å². The molecule has 21 heteroatoms. The minimum absolute atomic E-state index is 0.0334. The molecule has 2 N–H and O–H groups in total. The number of hydrogen-bond acceptors (Lipinski definition) is 16. The highest BCUT2D eigenvalue weighted by Crippen LogP contribution is 2.50. The monoisotopic (exact) mass is 1310 g/mol. The fourth-order valence-corrected chi connectivity index (χ4v) is 15.3. The van der Waals surface area contributed by atoms with E-state index < -0.39 is 103 Å². The summed E-state index contributed by atoms with van der Waals surface area (Å²) >= 11 is 0. The molecule has 3 aliphatic rings. The van der Waals surface area contributed by atoms with E-state index in [9.17, 15) is 5.11 Å². The lowest BCUT2D eigenvalue weighted by molar-refractivity contribution is -0.361. The van der Waals surface area contributed by atoms with Crippen molar-refractivity contribution in [1.29, 1.82) is 0 Å². The van der Waals surface area contributed by atoms with E-state index in [0.29, 0.717) is 18.1 Å². The normalized spacial score (nSPS) is 23.7. The second kappa shape index (κ2) is 27.7. The molecule has 0 spiro atoms. The Morgan fingerprint density at radius 2 is 1.20 bits per heavy atom. The molecule has 11 atom stereocenters. The smallest absolute Gasteiger partial charge is 0.300 e. The number of rotatable bonds is 24. The number of hydrogen-bond donors (Lipinski definition) is 2. The van der Waals surface area contributed by atoms with Crippen LogP contribution in [0.2, 0.25) is 61.9 Å². The number of aliphatic hydroxyl groups excluding tert-OH is 1. The van der Waals surface area contributed by atoms with Crippen LogP contribution in [0, 0.1) is 5.92 Å². The van der Waals surface area contributed by atoms with Gasteiger partial charge in [-0.3, -0.25) is 9.36 Å². The second-order valence-electron chi connectivity index (χ2n) is 28.9. The molecular weight excluding hydrogens is 1220 g/mol. The first-order valence-corrected chi connectivity index (χ1v) is 41.7. The molecule has 18 nitrogen and oxygen atoms in total. The maximum Gasteiger partial charge on any atom is 0.300 e. The summed E-state index contributed by atoms with van der Waals surface area (Å²) < 4.78 is 78.4. The highest BCUT2D eigenvalue weighted by atomic mass is 28.4. The molecule has 7 aromatic rings. The highest BCUT2D eigenvalue weighted by molar-refractivity contribution is 6.76. The van der Waals surface area contributed by atoms with Crippen molar-refractivity contribution in [2.24, 2.45) is 13.0 Å². The van der Waals surface area contributed by atoms with Crippen molar-refractivity contribution >= 4 is 41.8 Å². The summed E-state index contributed by atoms with van der Waals surface area (Å²) in [5, 5.41) is 17.0. The number of benzene rings is 5. The summed E-state index contributed by atoms with van der Waals surface area (Å²) in [5.74, 6) is 0.992. The van der Waals surface area contributed by atoms with Gasteiger partial charge >= 0.3 is 6.01 Å². The van der Waals surface area contributed by atoms with Crippen LogP contribution in [0.15, 0.2) is 144 Å². The van der Waals surface area contributed by atoms with E-state index in [-0.39, 0.29) is 52.8 Å². The van der Waals surface area contributed by atoms with Crippen molar-refractivity contribution in [2.75, 3.05) is 39.9 Å². The van der Waals surface area contributed by atoms with Crippen LogP contribution in [0.5, 0.6) is 17.5 Å². The van der Waals surface area contributed by atoms with Crippen LogP contribution in [-0.2, 0) is 56.5 Å². The van der Waals surface area contributed by atoms with Gasteiger partial charge in [-0.25, -0.2) is 4.57 Å². The topological polar surface area (TPSA) is 186 Å². The summed E-state index contributed by atoms with van der Waals surface area (Å²) in [5.41, 5.74) is 2.89. The van der Waals surface area contributed by atoms with E-state index in [4.69, 9.17) is 61.5 Å². The number of aromatic nitrogens is 4. The minimum atomic E-state index is -2.83. The molecule has 1 unspecified atom stereocenters. The zero-order valence-electron chi connectivity index (χ0n) is 56.8. The lowest BCUT2D eigenvalue weighted by Gasteiger charge is -2.50. The van der Waals surface area contributed by atoms with E-state index >= 15 is 4.79 Å². The van der Waals surface area contributed by atoms with Gasteiger partial charge in [-0.15, -0.1) is 0 Å². The van der Waals surface area contributed by atoms with E-state index in [0.717, 1.165) is 33.9 Å². The SMILES string of the molecule is COc1ccc(C(Nc2nc3c(nc(OC)n3[C@@H]3O[C@H]([C@H](O)C[C@@H]4[C@H](OCc5ccccc5)[C@@H](OCC[Si](C)(C)C)O[C@@H]5COC(c6ccccc6)O[C@@H]45)[C@@H](O[Si](C)(C)C(C)(C)C)[C@H]3O[Si](C)(C)C(C)(C)C)c(=O)n2C)(c2ccccc2)c2ccc(OC)cc2)cc1. The van der Waals surface area contributed by atoms with Crippen molar-refractivity contribution in [3.05, 3.63) is 178 Å². The van der Waals surface area contributed by atoms with E-state index in [1.54, 1.807) is 25.8 Å². The lowest BCUT2D eigenvalue weighted by atomic mass is 9.77. The molecule has 10 rings (SSSR count). The van der Waals surface area contributed by atoms with E-state index in [1.807, 2.05) is 140 Å². The van der Waals surface area contributed by atoms with Gasteiger partial charge in [0.25, 0.3) is 5.56 Å². The molecule has 0 amide bonds. The van der Waals surface area contributed by atoms with Crippen molar-refractivity contribution < 1.29 is 56.6 Å². The first-order chi connectivity index (χ1) is 43.6. The number of nitrogens with one attached hydrogen (secondary N) is 1. The van der Waals surface area contributed by atoms with Crippen molar-refractivity contribution in [1.82, 2.24) is 19.1 Å². The molecule has 0 bridgehead atoms. The summed E-state index contributed by atoms with van der Waals surface area (Å²) in [6.45, 7) is 29.8.